The SMILES string of the molecule is Cc1ocnc1CC(Oc1ccc(CC2OC(=O)NC2=O)cc1)C1CCCCC1.[H-].[Na+]. The van der Waals surface area contributed by atoms with Crippen molar-refractivity contribution in [3.8, 4) is 5.75 Å². The molecule has 2 heterocycles. The molecule has 2 amide bonds. The molecule has 1 aromatic heterocycles. The fourth-order valence-corrected chi connectivity index (χ4v) is 4.15. The molecule has 2 unspecified atom stereocenters. The third-order valence-corrected chi connectivity index (χ3v) is 5.81. The van der Waals surface area contributed by atoms with E-state index in [-0.39, 0.29) is 37.1 Å². The quantitative estimate of drug-likeness (QED) is 0.666. The third-order valence-electron chi connectivity index (χ3n) is 5.81. The minimum atomic E-state index is -0.764. The van der Waals surface area contributed by atoms with Crippen molar-refractivity contribution in [1.29, 1.82) is 0 Å². The Morgan fingerprint density at radius 3 is 2.53 bits per heavy atom. The Labute approximate surface area is 199 Å². The maximum atomic E-state index is 11.7. The second-order valence-corrected chi connectivity index (χ2v) is 7.85. The van der Waals surface area contributed by atoms with E-state index in [0.717, 1.165) is 29.2 Å². The number of carbonyl (C=O) groups excluding carboxylic acids is 2. The van der Waals surface area contributed by atoms with Gasteiger partial charge in [-0.25, -0.2) is 9.78 Å². The Morgan fingerprint density at radius 1 is 1.20 bits per heavy atom. The van der Waals surface area contributed by atoms with Gasteiger partial charge in [-0.15, -0.1) is 0 Å². The van der Waals surface area contributed by atoms with Crippen LogP contribution in [-0.4, -0.2) is 29.2 Å². The molecule has 2 fully saturated rings. The number of oxazole rings is 1. The maximum Gasteiger partial charge on any atom is 1.00 e. The average Bonchev–Trinajstić information content (AvgIpc) is 3.27. The molecular weight excluding hydrogens is 395 g/mol. The van der Waals surface area contributed by atoms with Crippen molar-refractivity contribution in [2.75, 3.05) is 0 Å². The standard InChI is InChI=1S/C22H26N2O5.Na.H/c1-14-18(23-13-27-14)12-19(16-5-3-2-4-6-16)28-17-9-7-15(8-10-17)11-20-21(25)24-22(26)29-20;;/h7-10,13,16,19-20H,2-6,11-12H2,1H3,(H,24,25,26);;/q;+1;-1. The Hall–Kier alpha value is -1.83. The number of cyclic esters (lactones) is 1. The van der Waals surface area contributed by atoms with Crippen LogP contribution in [0.25, 0.3) is 0 Å². The summed E-state index contributed by atoms with van der Waals surface area (Å²) in [6, 6.07) is 7.65. The summed E-state index contributed by atoms with van der Waals surface area (Å²) in [6.07, 6.45) is 7.28. The largest absolute Gasteiger partial charge is 1.00 e. The number of carbonyl (C=O) groups is 2. The van der Waals surface area contributed by atoms with Gasteiger partial charge in [-0.3, -0.25) is 10.1 Å². The van der Waals surface area contributed by atoms with Crippen molar-refractivity contribution in [2.24, 2.45) is 5.92 Å². The molecule has 7 nitrogen and oxygen atoms in total. The molecule has 2 atom stereocenters. The van der Waals surface area contributed by atoms with Gasteiger partial charge in [-0.2, -0.15) is 0 Å². The summed E-state index contributed by atoms with van der Waals surface area (Å²) in [4.78, 5) is 27.2. The van der Waals surface area contributed by atoms with Crippen LogP contribution in [0.1, 0.15) is 50.5 Å². The second-order valence-electron chi connectivity index (χ2n) is 7.85. The number of imide groups is 1. The van der Waals surface area contributed by atoms with E-state index in [1.54, 1.807) is 0 Å². The second kappa shape index (κ2) is 10.5. The predicted octanol–water partition coefficient (Wildman–Crippen LogP) is 0.847. The molecule has 156 valence electrons. The van der Waals surface area contributed by atoms with E-state index in [4.69, 9.17) is 13.9 Å². The number of nitrogens with one attached hydrogen (secondary N) is 1. The maximum absolute atomic E-state index is 11.7. The van der Waals surface area contributed by atoms with Gasteiger partial charge in [0.15, 0.2) is 12.5 Å². The van der Waals surface area contributed by atoms with Crippen LogP contribution < -0.4 is 39.6 Å². The summed E-state index contributed by atoms with van der Waals surface area (Å²) in [6.45, 7) is 1.93. The van der Waals surface area contributed by atoms with Crippen molar-refractivity contribution < 1.29 is 54.5 Å². The number of aromatic nitrogens is 1. The number of ether oxygens (including phenoxy) is 2. The molecular formula is C22H27N2NaO5. The van der Waals surface area contributed by atoms with Crippen molar-refractivity contribution in [3.63, 3.8) is 0 Å². The van der Waals surface area contributed by atoms with Crippen LogP contribution in [0.3, 0.4) is 0 Å². The molecule has 2 aliphatic rings. The number of alkyl carbamates (subject to hydrolysis) is 1. The van der Waals surface area contributed by atoms with Gasteiger partial charge >= 0.3 is 35.7 Å². The number of benzene rings is 1. The molecule has 1 saturated carbocycles. The van der Waals surface area contributed by atoms with Gasteiger partial charge in [0.05, 0.1) is 5.69 Å². The van der Waals surface area contributed by atoms with E-state index in [2.05, 4.69) is 10.3 Å². The van der Waals surface area contributed by atoms with E-state index in [9.17, 15) is 9.59 Å². The van der Waals surface area contributed by atoms with Crippen molar-refractivity contribution in [1.82, 2.24) is 10.3 Å². The molecule has 1 saturated heterocycles. The monoisotopic (exact) mass is 422 g/mol. The zero-order chi connectivity index (χ0) is 20.2. The zero-order valence-corrected chi connectivity index (χ0v) is 19.6. The first-order valence-electron chi connectivity index (χ1n) is 10.2. The molecule has 1 N–H and O–H groups in total. The van der Waals surface area contributed by atoms with Gasteiger partial charge in [-0.05, 0) is 43.4 Å². The summed E-state index contributed by atoms with van der Waals surface area (Å²) >= 11 is 0. The number of amides is 2. The van der Waals surface area contributed by atoms with Gasteiger partial charge in [0.25, 0.3) is 5.91 Å². The number of hydrogen-bond donors (Lipinski definition) is 1. The van der Waals surface area contributed by atoms with E-state index in [0.29, 0.717) is 12.3 Å². The van der Waals surface area contributed by atoms with E-state index in [1.807, 2.05) is 31.2 Å². The van der Waals surface area contributed by atoms with Gasteiger partial charge in [0.2, 0.25) is 0 Å². The summed E-state index contributed by atoms with van der Waals surface area (Å²) in [5.41, 5.74) is 1.86. The smallest absolute Gasteiger partial charge is 1.00 e. The zero-order valence-electron chi connectivity index (χ0n) is 18.6. The van der Waals surface area contributed by atoms with Gasteiger partial charge in [0.1, 0.15) is 17.6 Å². The van der Waals surface area contributed by atoms with E-state index >= 15 is 0 Å². The van der Waals surface area contributed by atoms with Crippen LogP contribution in [0.15, 0.2) is 35.1 Å². The van der Waals surface area contributed by atoms with Crippen LogP contribution in [0.4, 0.5) is 4.79 Å². The van der Waals surface area contributed by atoms with Crippen LogP contribution in [-0.2, 0) is 22.4 Å². The predicted molar refractivity (Wildman–Crippen MR) is 106 cm³/mol. The minimum Gasteiger partial charge on any atom is -1.00 e. The minimum absolute atomic E-state index is 0. The van der Waals surface area contributed by atoms with Crippen molar-refractivity contribution in [3.05, 3.63) is 47.7 Å². The molecule has 2 aromatic rings. The van der Waals surface area contributed by atoms with Gasteiger partial charge in [-0.1, -0.05) is 31.4 Å². The van der Waals surface area contributed by atoms with Gasteiger partial charge < -0.3 is 15.3 Å². The number of rotatable bonds is 7. The summed E-state index contributed by atoms with van der Waals surface area (Å²) in [5, 5.41) is 2.15. The Morgan fingerprint density at radius 2 is 1.93 bits per heavy atom. The molecule has 0 bridgehead atoms. The summed E-state index contributed by atoms with van der Waals surface area (Å²) in [7, 11) is 0. The first-order chi connectivity index (χ1) is 14.1. The van der Waals surface area contributed by atoms with E-state index < -0.39 is 18.1 Å². The number of hydrogen-bond acceptors (Lipinski definition) is 6. The third kappa shape index (κ3) is 5.65. The van der Waals surface area contributed by atoms with Crippen LogP contribution >= 0.6 is 0 Å². The first-order valence-corrected chi connectivity index (χ1v) is 10.2. The molecule has 1 aliphatic carbocycles. The Kier molecular flexibility index (Phi) is 7.97. The van der Waals surface area contributed by atoms with Crippen LogP contribution in [0, 0.1) is 12.8 Å². The molecule has 1 aromatic carbocycles. The molecule has 4 rings (SSSR count). The first kappa shape index (κ1) is 22.8. The fraction of sp³-hybridized carbons (Fsp3) is 0.500. The Balaban J connectivity index is 0.00000171. The molecule has 0 spiro atoms. The van der Waals surface area contributed by atoms with Crippen LogP contribution in [0.2, 0.25) is 0 Å². The number of nitrogens with zero attached hydrogens (tertiary/aromatic N) is 1. The van der Waals surface area contributed by atoms with E-state index in [1.165, 1.54) is 38.5 Å². The number of aryl methyl sites for hydroxylation is 1. The molecule has 1 aliphatic heterocycles. The molecule has 8 heteroatoms. The molecule has 0 radical (unpaired) electrons. The van der Waals surface area contributed by atoms with Crippen LogP contribution in [0.5, 0.6) is 5.75 Å². The molecule has 30 heavy (non-hydrogen) atoms. The Bertz CT molecular complexity index is 867. The normalized spacial score (nSPS) is 20.2. The average molecular weight is 422 g/mol. The van der Waals surface area contributed by atoms with Crippen molar-refractivity contribution >= 4 is 12.0 Å². The van der Waals surface area contributed by atoms with Crippen molar-refractivity contribution in [2.45, 2.75) is 64.1 Å². The van der Waals surface area contributed by atoms with Gasteiger partial charge in [0, 0.05) is 12.8 Å². The fourth-order valence-electron chi connectivity index (χ4n) is 4.15. The summed E-state index contributed by atoms with van der Waals surface area (Å²) < 4.78 is 16.7. The summed E-state index contributed by atoms with van der Waals surface area (Å²) in [5.74, 6) is 1.74. The topological polar surface area (TPSA) is 90.7 Å².